The molecule has 0 radical (unpaired) electrons. The van der Waals surface area contributed by atoms with Crippen LogP contribution in [0.2, 0.25) is 0 Å². The lowest BCUT2D eigenvalue weighted by atomic mass is 9.81. The molecule has 2 heterocycles. The average molecular weight is 295 g/mol. The van der Waals surface area contributed by atoms with Gasteiger partial charge in [-0.3, -0.25) is 4.90 Å². The summed E-state index contributed by atoms with van der Waals surface area (Å²) in [7, 11) is 2.11. The first-order chi connectivity index (χ1) is 9.66. The molecule has 3 nitrogen and oxygen atoms in total. The summed E-state index contributed by atoms with van der Waals surface area (Å²) in [5.74, 6) is 0. The molecule has 1 aliphatic heterocycles. The van der Waals surface area contributed by atoms with E-state index >= 15 is 0 Å². The van der Waals surface area contributed by atoms with Crippen LogP contribution in [-0.2, 0) is 6.42 Å². The number of aryl methyl sites for hydroxylation is 1. The van der Waals surface area contributed by atoms with Crippen LogP contribution < -0.4 is 5.32 Å². The number of thiazole rings is 1. The van der Waals surface area contributed by atoms with E-state index in [4.69, 9.17) is 0 Å². The molecule has 0 bridgehead atoms. The van der Waals surface area contributed by atoms with E-state index in [0.29, 0.717) is 6.04 Å². The van der Waals surface area contributed by atoms with Crippen molar-refractivity contribution in [3.05, 3.63) is 16.1 Å². The Morgan fingerprint density at radius 3 is 2.45 bits per heavy atom. The minimum Gasteiger partial charge on any atom is -0.315 e. The van der Waals surface area contributed by atoms with E-state index in [9.17, 15) is 0 Å². The van der Waals surface area contributed by atoms with Crippen molar-refractivity contribution in [3.63, 3.8) is 0 Å². The molecule has 1 fully saturated rings. The molecule has 1 aliphatic rings. The first-order valence-corrected chi connectivity index (χ1v) is 8.87. The number of likely N-dealkylation sites (N-methyl/N-ethyl adjacent to an activating group) is 1. The van der Waals surface area contributed by atoms with E-state index in [0.717, 1.165) is 12.1 Å². The van der Waals surface area contributed by atoms with Gasteiger partial charge in [0.2, 0.25) is 0 Å². The van der Waals surface area contributed by atoms with Gasteiger partial charge in [-0.2, -0.15) is 0 Å². The number of hydrogen-bond acceptors (Lipinski definition) is 4. The van der Waals surface area contributed by atoms with E-state index in [1.165, 1.54) is 43.8 Å². The molecule has 1 atom stereocenters. The van der Waals surface area contributed by atoms with Crippen LogP contribution in [-0.4, -0.2) is 41.6 Å². The normalized spacial score (nSPS) is 18.6. The van der Waals surface area contributed by atoms with Gasteiger partial charge in [0, 0.05) is 29.1 Å². The minimum atomic E-state index is 0.283. The van der Waals surface area contributed by atoms with Crippen LogP contribution in [0.3, 0.4) is 0 Å². The van der Waals surface area contributed by atoms with Crippen molar-refractivity contribution >= 4 is 11.3 Å². The molecule has 1 aromatic heterocycles. The van der Waals surface area contributed by atoms with Gasteiger partial charge in [-0.05, 0) is 52.7 Å². The number of likely N-dealkylation sites (tertiary alicyclic amines) is 1. The highest BCUT2D eigenvalue weighted by Gasteiger charge is 2.41. The zero-order valence-corrected chi connectivity index (χ0v) is 14.2. The van der Waals surface area contributed by atoms with Gasteiger partial charge in [-0.15, -0.1) is 11.3 Å². The summed E-state index contributed by atoms with van der Waals surface area (Å²) < 4.78 is 0. The summed E-state index contributed by atoms with van der Waals surface area (Å²) in [5.41, 5.74) is 1.43. The van der Waals surface area contributed by atoms with Crippen molar-refractivity contribution in [1.82, 2.24) is 15.2 Å². The van der Waals surface area contributed by atoms with Crippen molar-refractivity contribution < 1.29 is 0 Å². The average Bonchev–Trinajstić information content (AvgIpc) is 3.11. The first kappa shape index (κ1) is 15.9. The van der Waals surface area contributed by atoms with Crippen LogP contribution in [0.25, 0.3) is 0 Å². The molecule has 0 spiro atoms. The van der Waals surface area contributed by atoms with Gasteiger partial charge in [-0.1, -0.05) is 13.8 Å². The summed E-state index contributed by atoms with van der Waals surface area (Å²) in [5, 5.41) is 7.04. The zero-order valence-electron chi connectivity index (χ0n) is 13.4. The van der Waals surface area contributed by atoms with Crippen molar-refractivity contribution in [2.24, 2.45) is 0 Å². The van der Waals surface area contributed by atoms with Crippen LogP contribution in [0, 0.1) is 6.92 Å². The van der Waals surface area contributed by atoms with Crippen molar-refractivity contribution in [2.75, 3.05) is 20.1 Å². The third-order valence-electron chi connectivity index (χ3n) is 5.00. The summed E-state index contributed by atoms with van der Waals surface area (Å²) in [6, 6.07) is 0.487. The number of hydrogen-bond donors (Lipinski definition) is 1. The summed E-state index contributed by atoms with van der Waals surface area (Å²) in [6.07, 6.45) is 6.18. The fourth-order valence-corrected chi connectivity index (χ4v) is 4.62. The van der Waals surface area contributed by atoms with Crippen LogP contribution in [0.5, 0.6) is 0 Å². The maximum Gasteiger partial charge on any atom is 0.0944 e. The Morgan fingerprint density at radius 2 is 2.00 bits per heavy atom. The SMILES string of the molecule is CCC(CC)(C(Cc1nc(C)cs1)NC)N1CCCC1. The van der Waals surface area contributed by atoms with Gasteiger partial charge >= 0.3 is 0 Å². The van der Waals surface area contributed by atoms with Gasteiger partial charge in [0.1, 0.15) is 0 Å². The van der Waals surface area contributed by atoms with E-state index in [2.05, 4.69) is 48.4 Å². The number of nitrogens with zero attached hydrogens (tertiary/aromatic N) is 2. The number of nitrogens with one attached hydrogen (secondary N) is 1. The largest absolute Gasteiger partial charge is 0.315 e. The molecule has 0 saturated carbocycles. The standard InChI is InChI=1S/C16H29N3S/c1-5-16(6-2,19-9-7-8-10-19)14(17-4)11-15-18-13(3)12-20-15/h12,14,17H,5-11H2,1-4H3. The predicted octanol–water partition coefficient (Wildman–Crippen LogP) is 3.24. The van der Waals surface area contributed by atoms with Crippen molar-refractivity contribution in [3.8, 4) is 0 Å². The second-order valence-corrected chi connectivity index (χ2v) is 6.88. The molecule has 20 heavy (non-hydrogen) atoms. The lowest BCUT2D eigenvalue weighted by Gasteiger charge is -2.46. The molecule has 0 aliphatic carbocycles. The molecule has 114 valence electrons. The third-order valence-corrected chi connectivity index (χ3v) is 5.99. The first-order valence-electron chi connectivity index (χ1n) is 7.99. The zero-order chi connectivity index (χ0) is 14.6. The van der Waals surface area contributed by atoms with E-state index in [1.807, 2.05) is 0 Å². The van der Waals surface area contributed by atoms with Crippen molar-refractivity contribution in [1.29, 1.82) is 0 Å². The molecule has 0 amide bonds. The molecular formula is C16H29N3S. The van der Waals surface area contributed by atoms with Crippen molar-refractivity contribution in [2.45, 2.75) is 64.5 Å². The highest BCUT2D eigenvalue weighted by atomic mass is 32.1. The molecule has 2 rings (SSSR count). The minimum absolute atomic E-state index is 0.283. The Bertz CT molecular complexity index is 406. The summed E-state index contributed by atoms with van der Waals surface area (Å²) >= 11 is 1.80. The smallest absolute Gasteiger partial charge is 0.0944 e. The van der Waals surface area contributed by atoms with Gasteiger partial charge in [0.15, 0.2) is 0 Å². The quantitative estimate of drug-likeness (QED) is 0.837. The second-order valence-electron chi connectivity index (χ2n) is 5.93. The predicted molar refractivity (Wildman–Crippen MR) is 87.5 cm³/mol. The molecule has 4 heteroatoms. The second kappa shape index (κ2) is 7.01. The van der Waals surface area contributed by atoms with E-state index in [1.54, 1.807) is 11.3 Å². The summed E-state index contributed by atoms with van der Waals surface area (Å²) in [4.78, 5) is 7.40. The Labute approximate surface area is 127 Å². The highest BCUT2D eigenvalue weighted by molar-refractivity contribution is 7.09. The fraction of sp³-hybridized carbons (Fsp3) is 0.812. The van der Waals surface area contributed by atoms with Crippen LogP contribution >= 0.6 is 11.3 Å². The highest BCUT2D eigenvalue weighted by Crippen LogP contribution is 2.33. The summed E-state index contributed by atoms with van der Waals surface area (Å²) in [6.45, 7) is 9.30. The Morgan fingerprint density at radius 1 is 1.35 bits per heavy atom. The van der Waals surface area contributed by atoms with Gasteiger partial charge in [0.05, 0.1) is 5.01 Å². The third kappa shape index (κ3) is 3.07. The molecule has 1 saturated heterocycles. The van der Waals surface area contributed by atoms with Gasteiger partial charge < -0.3 is 5.32 Å². The number of aromatic nitrogens is 1. The lowest BCUT2D eigenvalue weighted by Crippen LogP contribution is -2.60. The molecule has 1 N–H and O–H groups in total. The van der Waals surface area contributed by atoms with Gasteiger partial charge in [0.25, 0.3) is 0 Å². The van der Waals surface area contributed by atoms with E-state index in [-0.39, 0.29) is 5.54 Å². The maximum atomic E-state index is 4.67. The Hall–Kier alpha value is -0.450. The molecule has 0 aromatic carbocycles. The molecular weight excluding hydrogens is 266 g/mol. The van der Waals surface area contributed by atoms with E-state index < -0.39 is 0 Å². The fourth-order valence-electron chi connectivity index (χ4n) is 3.80. The maximum absolute atomic E-state index is 4.67. The van der Waals surface area contributed by atoms with Crippen LogP contribution in [0.15, 0.2) is 5.38 Å². The molecule has 1 unspecified atom stereocenters. The monoisotopic (exact) mass is 295 g/mol. The Kier molecular flexibility index (Phi) is 5.58. The Balaban J connectivity index is 2.19. The lowest BCUT2D eigenvalue weighted by molar-refractivity contribution is 0.0650. The molecule has 1 aromatic rings. The topological polar surface area (TPSA) is 28.2 Å². The number of rotatable bonds is 7. The van der Waals surface area contributed by atoms with Crippen LogP contribution in [0.4, 0.5) is 0 Å². The van der Waals surface area contributed by atoms with Gasteiger partial charge in [-0.25, -0.2) is 4.98 Å². The van der Waals surface area contributed by atoms with Crippen LogP contribution in [0.1, 0.15) is 50.2 Å².